The quantitative estimate of drug-likeness (QED) is 0.440. The molecule has 21 heavy (non-hydrogen) atoms. The van der Waals surface area contributed by atoms with Gasteiger partial charge in [-0.05, 0) is 37.8 Å². The summed E-state index contributed by atoms with van der Waals surface area (Å²) in [5.74, 6) is 0. The molecule has 0 spiro atoms. The summed E-state index contributed by atoms with van der Waals surface area (Å²) < 4.78 is 4.87. The highest BCUT2D eigenvalue weighted by atomic mass is 16.5. The Bertz CT molecular complexity index is 875. The summed E-state index contributed by atoms with van der Waals surface area (Å²) in [7, 11) is -1.62. The van der Waals surface area contributed by atoms with E-state index in [0.29, 0.717) is 5.46 Å². The molecule has 0 aromatic heterocycles. The van der Waals surface area contributed by atoms with Crippen LogP contribution in [0.3, 0.4) is 0 Å². The molecule has 0 heterocycles. The third-order valence-electron chi connectivity index (χ3n) is 4.00. The van der Waals surface area contributed by atoms with Crippen molar-refractivity contribution >= 4 is 52.6 Å². The molecule has 0 aliphatic carbocycles. The van der Waals surface area contributed by atoms with Crippen LogP contribution in [0.1, 0.15) is 0 Å². The average molecular weight is 274 g/mol. The van der Waals surface area contributed by atoms with Crippen molar-refractivity contribution in [1.29, 1.82) is 0 Å². The van der Waals surface area contributed by atoms with Gasteiger partial charge in [0.05, 0.1) is 0 Å². The Balaban J connectivity index is 2.08. The Labute approximate surface area is 122 Å². The van der Waals surface area contributed by atoms with Crippen LogP contribution < -0.4 is 5.46 Å². The van der Waals surface area contributed by atoms with E-state index in [-0.39, 0.29) is 0 Å². The molecule has 4 aromatic carbocycles. The Morgan fingerprint density at radius 2 is 1.33 bits per heavy atom. The van der Waals surface area contributed by atoms with Crippen LogP contribution in [0.15, 0.2) is 54.6 Å². The molecule has 3 nitrogen and oxygen atoms in total. The molecule has 0 aliphatic heterocycles. The van der Waals surface area contributed by atoms with Crippen molar-refractivity contribution < 1.29 is 14.6 Å². The summed E-state index contributed by atoms with van der Waals surface area (Å²) in [6.07, 6.45) is 0. The largest absolute Gasteiger partial charge is 0.477 e. The Morgan fingerprint density at radius 1 is 0.810 bits per heavy atom. The highest BCUT2D eigenvalue weighted by Crippen LogP contribution is 2.33. The zero-order chi connectivity index (χ0) is 14.4. The molecule has 0 aliphatic rings. The van der Waals surface area contributed by atoms with E-state index >= 15 is 0 Å². The zero-order valence-electron chi connectivity index (χ0n) is 11.3. The average Bonchev–Trinajstić information content (AvgIpc) is 2.52. The van der Waals surface area contributed by atoms with Crippen LogP contribution >= 0.6 is 0 Å². The molecule has 0 fully saturated rings. The lowest BCUT2D eigenvalue weighted by Gasteiger charge is -2.13. The molecule has 0 unspecified atom stereocenters. The summed E-state index contributed by atoms with van der Waals surface area (Å²) in [5.41, 5.74) is 0.648. The second kappa shape index (κ2) is 4.74. The molecule has 0 saturated carbocycles. The monoisotopic (exact) mass is 274 g/mol. The Morgan fingerprint density at radius 3 is 1.90 bits per heavy atom. The predicted molar refractivity (Wildman–Crippen MR) is 88.2 cm³/mol. The first-order valence-corrected chi connectivity index (χ1v) is 6.86. The fourth-order valence-electron chi connectivity index (χ4n) is 3.09. The summed E-state index contributed by atoms with van der Waals surface area (Å²) in [6.45, 7) is 0. The van der Waals surface area contributed by atoms with Gasteiger partial charge < -0.3 is 14.6 Å². The van der Waals surface area contributed by atoms with Crippen molar-refractivity contribution in [2.45, 2.75) is 0 Å². The van der Waals surface area contributed by atoms with Gasteiger partial charge in [-0.25, -0.2) is 0 Å². The number of benzene rings is 4. The van der Waals surface area contributed by atoms with Crippen molar-refractivity contribution in [3.8, 4) is 0 Å². The van der Waals surface area contributed by atoms with Crippen LogP contribution in [0.2, 0.25) is 0 Å². The second-order valence-electron chi connectivity index (χ2n) is 5.20. The highest BCUT2D eigenvalue weighted by Gasteiger charge is 2.18. The van der Waals surface area contributed by atoms with Crippen LogP contribution in [0.25, 0.3) is 32.3 Å². The van der Waals surface area contributed by atoms with Crippen LogP contribution in [0.4, 0.5) is 0 Å². The van der Waals surface area contributed by atoms with Gasteiger partial charge in [0.15, 0.2) is 0 Å². The summed E-state index contributed by atoms with van der Waals surface area (Å²) in [4.78, 5) is 0. The minimum absolute atomic E-state index is 0.508. The highest BCUT2D eigenvalue weighted by molar-refractivity contribution is 6.64. The summed E-state index contributed by atoms with van der Waals surface area (Å²) >= 11 is 0. The van der Waals surface area contributed by atoms with Gasteiger partial charge in [0, 0.05) is 0 Å². The first-order valence-electron chi connectivity index (χ1n) is 6.86. The molecule has 0 saturated heterocycles. The first-order chi connectivity index (χ1) is 10.3. The van der Waals surface area contributed by atoms with E-state index in [0.717, 1.165) is 10.8 Å². The van der Waals surface area contributed by atoms with Crippen LogP contribution in [-0.4, -0.2) is 24.9 Å². The molecule has 2 N–H and O–H groups in total. The summed E-state index contributed by atoms with van der Waals surface area (Å²) in [6, 6.07) is 18.4. The summed E-state index contributed by atoms with van der Waals surface area (Å²) in [5, 5.41) is 25.7. The fourth-order valence-corrected chi connectivity index (χ4v) is 3.09. The van der Waals surface area contributed by atoms with Gasteiger partial charge in [-0.2, -0.15) is 0 Å². The van der Waals surface area contributed by atoms with E-state index in [4.69, 9.17) is 9.60 Å². The van der Waals surface area contributed by atoms with E-state index in [2.05, 4.69) is 42.5 Å². The second-order valence-corrected chi connectivity index (χ2v) is 5.20. The lowest BCUT2D eigenvalue weighted by atomic mass is 9.76. The van der Waals surface area contributed by atoms with Crippen molar-refractivity contribution in [2.24, 2.45) is 0 Å². The third-order valence-corrected chi connectivity index (χ3v) is 4.00. The fraction of sp³-hybridized carbons (Fsp3) is 0. The van der Waals surface area contributed by atoms with Crippen molar-refractivity contribution in [3.05, 3.63) is 54.6 Å². The molecule has 5 heteroatoms. The molecule has 0 bridgehead atoms. The molecule has 4 rings (SSSR count). The van der Waals surface area contributed by atoms with Crippen LogP contribution in [0.5, 0.6) is 0 Å². The topological polar surface area (TPSA) is 49.7 Å². The van der Waals surface area contributed by atoms with E-state index in [1.54, 1.807) is 0 Å². The molecule has 4 aromatic rings. The minimum atomic E-state index is -1.11. The molecular weight excluding hydrogens is 262 g/mol. The van der Waals surface area contributed by atoms with E-state index < -0.39 is 14.8 Å². The Hall–Kier alpha value is -2.07. The maximum absolute atomic E-state index is 9.92. The third kappa shape index (κ3) is 1.90. The smallest absolute Gasteiger partial charge is 0.450 e. The van der Waals surface area contributed by atoms with Gasteiger partial charge >= 0.3 is 14.8 Å². The Kier molecular flexibility index (Phi) is 2.86. The predicted octanol–water partition coefficient (Wildman–Crippen LogP) is 1.55. The molecular formula is C16H12B2O3. The maximum Gasteiger partial charge on any atom is 0.477 e. The number of hydrogen-bond donors (Lipinski definition) is 2. The van der Waals surface area contributed by atoms with Gasteiger partial charge in [0.2, 0.25) is 0 Å². The first kappa shape index (κ1) is 12.7. The normalized spacial score (nSPS) is 11.5. The number of hydrogen-bond acceptors (Lipinski definition) is 3. The van der Waals surface area contributed by atoms with Crippen molar-refractivity contribution in [2.75, 3.05) is 0 Å². The molecule has 100 valence electrons. The minimum Gasteiger partial charge on any atom is -0.450 e. The maximum atomic E-state index is 9.92. The standard InChI is InChI=1S/C16H12B2O3/c19-17-21-18(20)14-8-12-6-4-10-2-1-3-11-5-7-13(9-14)16(12)15(10)11/h1-9,17,19-20H. The van der Waals surface area contributed by atoms with E-state index in [1.807, 2.05) is 12.1 Å². The zero-order valence-corrected chi connectivity index (χ0v) is 11.3. The van der Waals surface area contributed by atoms with Gasteiger partial charge in [0.25, 0.3) is 0 Å². The van der Waals surface area contributed by atoms with E-state index in [1.165, 1.54) is 21.5 Å². The molecule has 0 atom stereocenters. The van der Waals surface area contributed by atoms with Crippen molar-refractivity contribution in [3.63, 3.8) is 0 Å². The lowest BCUT2D eigenvalue weighted by molar-refractivity contribution is 0.393. The van der Waals surface area contributed by atoms with E-state index in [9.17, 15) is 5.02 Å². The molecule has 0 amide bonds. The van der Waals surface area contributed by atoms with Crippen LogP contribution in [0, 0.1) is 0 Å². The van der Waals surface area contributed by atoms with Gasteiger partial charge in [-0.15, -0.1) is 0 Å². The van der Waals surface area contributed by atoms with Gasteiger partial charge in [-0.1, -0.05) is 54.6 Å². The van der Waals surface area contributed by atoms with Crippen LogP contribution in [-0.2, 0) is 4.57 Å². The van der Waals surface area contributed by atoms with Crippen molar-refractivity contribution in [1.82, 2.24) is 0 Å². The van der Waals surface area contributed by atoms with Gasteiger partial charge in [0.1, 0.15) is 0 Å². The van der Waals surface area contributed by atoms with Gasteiger partial charge in [-0.3, -0.25) is 0 Å². The number of rotatable bonds is 3. The lowest BCUT2D eigenvalue weighted by Crippen LogP contribution is -2.34. The SMILES string of the molecule is OBOB(O)c1cc2ccc3cccc4ccc(c1)c2c34. The molecule has 0 radical (unpaired) electrons.